The van der Waals surface area contributed by atoms with Crippen LogP contribution >= 0.6 is 0 Å². The Labute approximate surface area is 272 Å². The van der Waals surface area contributed by atoms with Crippen molar-refractivity contribution in [2.75, 3.05) is 26.7 Å². The fraction of sp³-hybridized carbons (Fsp3) is 0.297. The summed E-state index contributed by atoms with van der Waals surface area (Å²) in [5, 5.41) is 3.07. The van der Waals surface area contributed by atoms with Gasteiger partial charge in [-0.2, -0.15) is 4.31 Å². The first-order chi connectivity index (χ1) is 22.3. The first-order valence-electron chi connectivity index (χ1n) is 15.7. The summed E-state index contributed by atoms with van der Waals surface area (Å²) in [5.41, 5.74) is 3.55. The van der Waals surface area contributed by atoms with Crippen LogP contribution < -0.4 is 10.1 Å². The summed E-state index contributed by atoms with van der Waals surface area (Å²) >= 11 is 0. The molecule has 0 aliphatic carbocycles. The van der Waals surface area contributed by atoms with E-state index in [2.05, 4.69) is 5.32 Å². The number of ether oxygens (including phenoxy) is 1. The lowest BCUT2D eigenvalue weighted by Crippen LogP contribution is -2.44. The first kappa shape index (κ1) is 32.9. The number of sulfonamides is 1. The van der Waals surface area contributed by atoms with Crippen LogP contribution in [0.3, 0.4) is 0 Å². The molecule has 2 amide bonds. The molecule has 5 rings (SSSR count). The van der Waals surface area contributed by atoms with Gasteiger partial charge in [0.1, 0.15) is 11.8 Å². The van der Waals surface area contributed by atoms with Gasteiger partial charge in [-0.25, -0.2) is 8.42 Å². The number of nitrogens with zero attached hydrogens (tertiary/aromatic N) is 2. The van der Waals surface area contributed by atoms with Gasteiger partial charge in [0.2, 0.25) is 21.8 Å². The summed E-state index contributed by atoms with van der Waals surface area (Å²) in [6, 6.07) is 32.7. The third kappa shape index (κ3) is 8.41. The van der Waals surface area contributed by atoms with Crippen molar-refractivity contribution in [3.05, 3.63) is 131 Å². The molecular formula is C37H41N3O5S. The number of amides is 2. The largest absolute Gasteiger partial charge is 0.497 e. The summed E-state index contributed by atoms with van der Waals surface area (Å²) in [4.78, 5) is 29.9. The fourth-order valence-electron chi connectivity index (χ4n) is 5.73. The molecule has 1 saturated heterocycles. The van der Waals surface area contributed by atoms with E-state index in [1.54, 1.807) is 36.3 Å². The molecule has 0 spiro atoms. The monoisotopic (exact) mass is 639 g/mol. The molecule has 1 heterocycles. The van der Waals surface area contributed by atoms with E-state index < -0.39 is 16.1 Å². The predicted octanol–water partition coefficient (Wildman–Crippen LogP) is 5.54. The van der Waals surface area contributed by atoms with Crippen LogP contribution in [-0.4, -0.2) is 56.2 Å². The van der Waals surface area contributed by atoms with Crippen LogP contribution in [0.25, 0.3) is 0 Å². The zero-order valence-corrected chi connectivity index (χ0v) is 27.0. The summed E-state index contributed by atoms with van der Waals surface area (Å²) < 4.78 is 32.8. The molecule has 0 bridgehead atoms. The lowest BCUT2D eigenvalue weighted by atomic mass is 10.0. The highest BCUT2D eigenvalue weighted by molar-refractivity contribution is 7.89. The van der Waals surface area contributed by atoms with Gasteiger partial charge < -0.3 is 15.0 Å². The number of carbonyl (C=O) groups excluding carboxylic acids is 2. The van der Waals surface area contributed by atoms with E-state index in [0.29, 0.717) is 38.2 Å². The van der Waals surface area contributed by atoms with Gasteiger partial charge in [0, 0.05) is 32.6 Å². The Hall–Kier alpha value is -4.47. The van der Waals surface area contributed by atoms with Crippen LogP contribution in [0.1, 0.15) is 47.6 Å². The molecule has 8 nitrogen and oxygen atoms in total. The number of nitrogens with one attached hydrogen (secondary N) is 1. The second-order valence-electron chi connectivity index (χ2n) is 11.5. The van der Waals surface area contributed by atoms with Gasteiger partial charge in [-0.1, -0.05) is 84.9 Å². The van der Waals surface area contributed by atoms with Crippen molar-refractivity contribution >= 4 is 21.8 Å². The van der Waals surface area contributed by atoms with E-state index >= 15 is 0 Å². The molecule has 240 valence electrons. The zero-order valence-electron chi connectivity index (χ0n) is 26.2. The van der Waals surface area contributed by atoms with Crippen LogP contribution in [0.4, 0.5) is 0 Å². The van der Waals surface area contributed by atoms with E-state index in [1.165, 1.54) is 4.31 Å². The summed E-state index contributed by atoms with van der Waals surface area (Å²) in [7, 11) is -1.91. The average molecular weight is 640 g/mol. The lowest BCUT2D eigenvalue weighted by Gasteiger charge is -2.32. The summed E-state index contributed by atoms with van der Waals surface area (Å²) in [6.07, 6.45) is 2.97. The number of methoxy groups -OCH3 is 1. The SMILES string of the molecule is COc1ccc(CN(C(=O)CCc2ccc(S(=O)(=O)N3CCCC3)cc2)C(C(=O)NCCc2ccccc2)c2ccccc2)cc1. The maximum absolute atomic E-state index is 14.1. The highest BCUT2D eigenvalue weighted by atomic mass is 32.2. The maximum Gasteiger partial charge on any atom is 0.247 e. The molecule has 1 aliphatic heterocycles. The van der Waals surface area contributed by atoms with E-state index in [0.717, 1.165) is 35.1 Å². The van der Waals surface area contributed by atoms with Gasteiger partial charge in [0.25, 0.3) is 0 Å². The molecule has 1 unspecified atom stereocenters. The molecule has 1 aliphatic rings. The molecule has 1 N–H and O–H groups in total. The van der Waals surface area contributed by atoms with Gasteiger partial charge in [0.05, 0.1) is 12.0 Å². The second kappa shape index (κ2) is 15.7. The minimum absolute atomic E-state index is 0.148. The molecule has 46 heavy (non-hydrogen) atoms. The van der Waals surface area contributed by atoms with Gasteiger partial charge in [-0.05, 0) is 72.2 Å². The normalized spacial score (nSPS) is 14.0. The molecular weight excluding hydrogens is 598 g/mol. The minimum Gasteiger partial charge on any atom is -0.497 e. The van der Waals surface area contributed by atoms with Crippen molar-refractivity contribution < 1.29 is 22.7 Å². The predicted molar refractivity (Wildman–Crippen MR) is 179 cm³/mol. The Morgan fingerprint density at radius 1 is 0.783 bits per heavy atom. The molecule has 1 atom stereocenters. The fourth-order valence-corrected chi connectivity index (χ4v) is 7.25. The first-order valence-corrected chi connectivity index (χ1v) is 17.2. The number of carbonyl (C=O) groups is 2. The van der Waals surface area contributed by atoms with Gasteiger partial charge in [-0.15, -0.1) is 0 Å². The summed E-state index contributed by atoms with van der Waals surface area (Å²) in [6.45, 7) is 1.75. The van der Waals surface area contributed by atoms with Crippen LogP contribution in [0, 0.1) is 0 Å². The number of benzene rings is 4. The van der Waals surface area contributed by atoms with Crippen molar-refractivity contribution in [1.82, 2.24) is 14.5 Å². The molecule has 4 aromatic carbocycles. The van der Waals surface area contributed by atoms with Gasteiger partial charge >= 0.3 is 0 Å². The molecule has 1 fully saturated rings. The van der Waals surface area contributed by atoms with E-state index in [9.17, 15) is 18.0 Å². The molecule has 0 aromatic heterocycles. The third-order valence-corrected chi connectivity index (χ3v) is 10.2. The van der Waals surface area contributed by atoms with Crippen molar-refractivity contribution in [3.8, 4) is 5.75 Å². The van der Waals surface area contributed by atoms with Crippen molar-refractivity contribution in [2.24, 2.45) is 0 Å². The Bertz CT molecular complexity index is 1670. The van der Waals surface area contributed by atoms with E-state index in [-0.39, 0.29) is 29.7 Å². The number of rotatable bonds is 14. The van der Waals surface area contributed by atoms with E-state index in [1.807, 2.05) is 84.9 Å². The van der Waals surface area contributed by atoms with Crippen LogP contribution in [0.5, 0.6) is 5.75 Å². The zero-order chi connectivity index (χ0) is 32.4. The molecule has 0 saturated carbocycles. The van der Waals surface area contributed by atoms with Crippen molar-refractivity contribution in [1.29, 1.82) is 0 Å². The van der Waals surface area contributed by atoms with Crippen LogP contribution in [0.15, 0.2) is 114 Å². The quantitative estimate of drug-likeness (QED) is 0.196. The Morgan fingerprint density at radius 3 is 2.00 bits per heavy atom. The van der Waals surface area contributed by atoms with Crippen LogP contribution in [-0.2, 0) is 39.0 Å². The Balaban J connectivity index is 1.36. The molecule has 0 radical (unpaired) electrons. The maximum atomic E-state index is 14.1. The number of hydrogen-bond donors (Lipinski definition) is 1. The average Bonchev–Trinajstić information content (AvgIpc) is 3.65. The molecule has 4 aromatic rings. The summed E-state index contributed by atoms with van der Waals surface area (Å²) in [5.74, 6) is 0.271. The standard InChI is InChI=1S/C37H41N3O5S/c1-45-33-19-14-31(15-20-33)28-40(35(41)23-18-30-16-21-34(22-17-30)46(43,44)39-26-8-9-27-39)36(32-12-6-3-7-13-32)37(42)38-25-24-29-10-4-2-5-11-29/h2-7,10-17,19-22,36H,8-9,18,23-28H2,1H3,(H,38,42). The highest BCUT2D eigenvalue weighted by Crippen LogP contribution is 2.27. The Morgan fingerprint density at radius 2 is 1.37 bits per heavy atom. The smallest absolute Gasteiger partial charge is 0.247 e. The third-order valence-electron chi connectivity index (χ3n) is 8.32. The Kier molecular flexibility index (Phi) is 11.2. The van der Waals surface area contributed by atoms with E-state index in [4.69, 9.17) is 4.74 Å². The second-order valence-corrected chi connectivity index (χ2v) is 13.4. The minimum atomic E-state index is -3.51. The lowest BCUT2D eigenvalue weighted by molar-refractivity contribution is -0.141. The van der Waals surface area contributed by atoms with Crippen molar-refractivity contribution in [2.45, 2.75) is 49.6 Å². The highest BCUT2D eigenvalue weighted by Gasteiger charge is 2.31. The van der Waals surface area contributed by atoms with Crippen LogP contribution in [0.2, 0.25) is 0 Å². The number of aryl methyl sites for hydroxylation is 1. The van der Waals surface area contributed by atoms with Gasteiger partial charge in [-0.3, -0.25) is 9.59 Å². The number of hydrogen-bond acceptors (Lipinski definition) is 5. The molecule has 9 heteroatoms. The topological polar surface area (TPSA) is 96.0 Å². The van der Waals surface area contributed by atoms with Gasteiger partial charge in [0.15, 0.2) is 0 Å². The van der Waals surface area contributed by atoms with Crippen molar-refractivity contribution in [3.63, 3.8) is 0 Å².